The molecule has 2 rings (SSSR count). The Hall–Kier alpha value is -1.69. The van der Waals surface area contributed by atoms with Crippen LogP contribution in [0, 0.1) is 12.7 Å². The molecule has 100 valence electrons. The first kappa shape index (κ1) is 13.7. The van der Waals surface area contributed by atoms with E-state index in [1.165, 1.54) is 12.1 Å². The Morgan fingerprint density at radius 1 is 1.53 bits per heavy atom. The minimum Gasteiger partial charge on any atom is -0.460 e. The number of hydrogen-bond acceptors (Lipinski definition) is 4. The molecule has 1 aromatic carbocycles. The number of benzene rings is 1. The second-order valence-electron chi connectivity index (χ2n) is 3.78. The molecule has 0 aliphatic rings. The molecular weight excluding hydrogens is 317 g/mol. The van der Waals surface area contributed by atoms with E-state index in [0.717, 1.165) is 0 Å². The van der Waals surface area contributed by atoms with Crippen LogP contribution >= 0.6 is 15.9 Å². The van der Waals surface area contributed by atoms with E-state index in [2.05, 4.69) is 20.9 Å². The number of hydrogen-bond donors (Lipinski definition) is 0. The fraction of sp³-hybridized carbons (Fsp3) is 0.231. The van der Waals surface area contributed by atoms with Gasteiger partial charge >= 0.3 is 5.97 Å². The molecule has 19 heavy (non-hydrogen) atoms. The summed E-state index contributed by atoms with van der Waals surface area (Å²) in [6.45, 7) is 3.53. The van der Waals surface area contributed by atoms with Crippen LogP contribution < -0.4 is 0 Å². The monoisotopic (exact) mass is 327 g/mol. The van der Waals surface area contributed by atoms with Crippen molar-refractivity contribution in [2.75, 3.05) is 6.61 Å². The van der Waals surface area contributed by atoms with Crippen LogP contribution in [0.4, 0.5) is 4.39 Å². The summed E-state index contributed by atoms with van der Waals surface area (Å²) in [5, 5.41) is 0. The SMILES string of the molecule is CCOC(=O)c1oc(-c2cc(Br)ccc2F)nc1C. The van der Waals surface area contributed by atoms with Crippen molar-refractivity contribution in [2.45, 2.75) is 13.8 Å². The largest absolute Gasteiger partial charge is 0.460 e. The van der Waals surface area contributed by atoms with Crippen LogP contribution in [0.2, 0.25) is 0 Å². The molecule has 0 atom stereocenters. The summed E-state index contributed by atoms with van der Waals surface area (Å²) in [4.78, 5) is 15.7. The number of halogens is 2. The Kier molecular flexibility index (Phi) is 3.99. The first-order valence-electron chi connectivity index (χ1n) is 5.63. The number of esters is 1. The zero-order valence-electron chi connectivity index (χ0n) is 10.4. The highest BCUT2D eigenvalue weighted by Gasteiger charge is 2.21. The first-order chi connectivity index (χ1) is 9.02. The van der Waals surface area contributed by atoms with Gasteiger partial charge in [0.1, 0.15) is 5.82 Å². The van der Waals surface area contributed by atoms with Crippen LogP contribution in [0.15, 0.2) is 27.1 Å². The average Bonchev–Trinajstić information content (AvgIpc) is 2.74. The van der Waals surface area contributed by atoms with Gasteiger partial charge in [0.05, 0.1) is 17.9 Å². The summed E-state index contributed by atoms with van der Waals surface area (Å²) < 4.78 is 24.5. The summed E-state index contributed by atoms with van der Waals surface area (Å²) >= 11 is 3.24. The Morgan fingerprint density at radius 2 is 2.26 bits per heavy atom. The van der Waals surface area contributed by atoms with Gasteiger partial charge in [0, 0.05) is 4.47 Å². The number of aromatic nitrogens is 1. The molecule has 1 heterocycles. The lowest BCUT2D eigenvalue weighted by molar-refractivity contribution is 0.0490. The number of oxazole rings is 1. The molecule has 1 aromatic heterocycles. The average molecular weight is 328 g/mol. The predicted molar refractivity (Wildman–Crippen MR) is 70.3 cm³/mol. The van der Waals surface area contributed by atoms with Gasteiger partial charge in [-0.2, -0.15) is 0 Å². The van der Waals surface area contributed by atoms with Crippen molar-refractivity contribution < 1.29 is 18.3 Å². The van der Waals surface area contributed by atoms with Crippen molar-refractivity contribution >= 4 is 21.9 Å². The quantitative estimate of drug-likeness (QED) is 0.806. The number of aryl methyl sites for hydroxylation is 1. The van der Waals surface area contributed by atoms with E-state index in [0.29, 0.717) is 10.2 Å². The third-order valence-corrected chi connectivity index (χ3v) is 2.91. The standard InChI is InChI=1S/C13H11BrFNO3/c1-3-18-13(17)11-7(2)16-12(19-11)9-6-8(14)4-5-10(9)15/h4-6H,3H2,1-2H3. The molecule has 2 aromatic rings. The number of carbonyl (C=O) groups is 1. The highest BCUT2D eigenvalue weighted by atomic mass is 79.9. The van der Waals surface area contributed by atoms with Gasteiger partial charge in [0.2, 0.25) is 11.7 Å². The molecule has 6 heteroatoms. The lowest BCUT2D eigenvalue weighted by Crippen LogP contribution is -2.04. The van der Waals surface area contributed by atoms with Gasteiger partial charge in [0.15, 0.2) is 0 Å². The van der Waals surface area contributed by atoms with E-state index in [4.69, 9.17) is 9.15 Å². The molecular formula is C13H11BrFNO3. The van der Waals surface area contributed by atoms with Crippen molar-refractivity contribution in [1.82, 2.24) is 4.98 Å². The first-order valence-corrected chi connectivity index (χ1v) is 6.42. The second kappa shape index (κ2) is 5.52. The van der Waals surface area contributed by atoms with Crippen molar-refractivity contribution in [3.63, 3.8) is 0 Å². The number of carbonyl (C=O) groups excluding carboxylic acids is 1. The summed E-state index contributed by atoms with van der Waals surface area (Å²) in [5.74, 6) is -1.02. The maximum atomic E-state index is 13.7. The molecule has 0 fully saturated rings. The van der Waals surface area contributed by atoms with Crippen molar-refractivity contribution in [1.29, 1.82) is 0 Å². The van der Waals surface area contributed by atoms with Crippen LogP contribution in [0.3, 0.4) is 0 Å². The summed E-state index contributed by atoms with van der Waals surface area (Å²) in [6, 6.07) is 4.40. The van der Waals surface area contributed by atoms with Crippen LogP contribution in [0.5, 0.6) is 0 Å². The van der Waals surface area contributed by atoms with Crippen LogP contribution in [-0.4, -0.2) is 17.6 Å². The maximum absolute atomic E-state index is 13.7. The Balaban J connectivity index is 2.44. The minimum absolute atomic E-state index is 0.00349. The van der Waals surface area contributed by atoms with Gasteiger partial charge in [-0.25, -0.2) is 14.2 Å². The van der Waals surface area contributed by atoms with E-state index >= 15 is 0 Å². The highest BCUT2D eigenvalue weighted by Crippen LogP contribution is 2.27. The number of ether oxygens (including phenoxy) is 1. The topological polar surface area (TPSA) is 52.3 Å². The van der Waals surface area contributed by atoms with Gasteiger partial charge in [-0.1, -0.05) is 15.9 Å². The van der Waals surface area contributed by atoms with Gasteiger partial charge in [-0.05, 0) is 32.0 Å². The molecule has 0 saturated heterocycles. The Labute approximate surface area is 117 Å². The smallest absolute Gasteiger partial charge is 0.376 e. The zero-order valence-corrected chi connectivity index (χ0v) is 12.0. The number of nitrogens with zero attached hydrogens (tertiary/aromatic N) is 1. The van der Waals surface area contributed by atoms with Crippen molar-refractivity contribution in [3.8, 4) is 11.5 Å². The third kappa shape index (κ3) is 2.84. The second-order valence-corrected chi connectivity index (χ2v) is 4.69. The van der Waals surface area contributed by atoms with Gasteiger partial charge in [-0.15, -0.1) is 0 Å². The molecule has 0 unspecified atom stereocenters. The summed E-state index contributed by atoms with van der Waals surface area (Å²) in [7, 11) is 0. The fourth-order valence-electron chi connectivity index (χ4n) is 1.56. The van der Waals surface area contributed by atoms with E-state index < -0.39 is 11.8 Å². The Morgan fingerprint density at radius 3 is 2.95 bits per heavy atom. The highest BCUT2D eigenvalue weighted by molar-refractivity contribution is 9.10. The molecule has 0 radical (unpaired) electrons. The van der Waals surface area contributed by atoms with Gasteiger partial charge in [-0.3, -0.25) is 0 Å². The van der Waals surface area contributed by atoms with E-state index in [-0.39, 0.29) is 23.8 Å². The molecule has 0 amide bonds. The van der Waals surface area contributed by atoms with Crippen LogP contribution in [-0.2, 0) is 4.74 Å². The normalized spacial score (nSPS) is 10.5. The summed E-state index contributed by atoms with van der Waals surface area (Å²) in [6.07, 6.45) is 0. The van der Waals surface area contributed by atoms with E-state index in [9.17, 15) is 9.18 Å². The molecule has 0 bridgehead atoms. The molecule has 0 N–H and O–H groups in total. The third-order valence-electron chi connectivity index (χ3n) is 2.42. The van der Waals surface area contributed by atoms with Gasteiger partial charge in [0.25, 0.3) is 0 Å². The predicted octanol–water partition coefficient (Wildman–Crippen LogP) is 3.73. The van der Waals surface area contributed by atoms with Crippen LogP contribution in [0.1, 0.15) is 23.2 Å². The van der Waals surface area contributed by atoms with E-state index in [1.54, 1.807) is 19.9 Å². The fourth-order valence-corrected chi connectivity index (χ4v) is 1.92. The summed E-state index contributed by atoms with van der Waals surface area (Å²) in [5.41, 5.74) is 0.556. The molecule has 0 spiro atoms. The maximum Gasteiger partial charge on any atom is 0.376 e. The minimum atomic E-state index is -0.603. The number of rotatable bonds is 3. The lowest BCUT2D eigenvalue weighted by atomic mass is 10.2. The lowest BCUT2D eigenvalue weighted by Gasteiger charge is -1.99. The van der Waals surface area contributed by atoms with E-state index in [1.807, 2.05) is 0 Å². The van der Waals surface area contributed by atoms with Crippen molar-refractivity contribution in [2.24, 2.45) is 0 Å². The van der Waals surface area contributed by atoms with Crippen molar-refractivity contribution in [3.05, 3.63) is 39.9 Å². The Bertz CT molecular complexity index is 624. The molecule has 0 aliphatic carbocycles. The van der Waals surface area contributed by atoms with Crippen LogP contribution in [0.25, 0.3) is 11.5 Å². The van der Waals surface area contributed by atoms with Gasteiger partial charge < -0.3 is 9.15 Å². The molecule has 0 aliphatic heterocycles. The zero-order chi connectivity index (χ0) is 14.0. The molecule has 0 saturated carbocycles. The molecule has 4 nitrogen and oxygen atoms in total.